The molecule has 0 saturated heterocycles. The molecule has 10 heteroatoms. The summed E-state index contributed by atoms with van der Waals surface area (Å²) in [5, 5.41) is 0.922. The predicted octanol–water partition coefficient (Wildman–Crippen LogP) is 5.04. The van der Waals surface area contributed by atoms with Crippen molar-refractivity contribution in [3.8, 4) is 0 Å². The average Bonchev–Trinajstić information content (AvgIpc) is 2.66. The number of hydrogen-bond acceptors (Lipinski definition) is 4. The predicted molar refractivity (Wildman–Crippen MR) is 121 cm³/mol. The summed E-state index contributed by atoms with van der Waals surface area (Å²) < 4.78 is 54.9. The Balaban J connectivity index is 1.73. The van der Waals surface area contributed by atoms with Crippen LogP contribution in [0.1, 0.15) is 11.1 Å². The van der Waals surface area contributed by atoms with Gasteiger partial charge in [0.05, 0.1) is 16.3 Å². The Morgan fingerprint density at radius 1 is 0.767 bits per heavy atom. The van der Waals surface area contributed by atoms with Crippen molar-refractivity contribution in [3.05, 3.63) is 87.9 Å². The van der Waals surface area contributed by atoms with Gasteiger partial charge in [-0.05, 0) is 66.6 Å². The topological polar surface area (TPSA) is 92.3 Å². The van der Waals surface area contributed by atoms with E-state index in [1.54, 1.807) is 43.3 Å². The number of benzene rings is 3. The van der Waals surface area contributed by atoms with Gasteiger partial charge in [0.2, 0.25) is 10.0 Å². The SMILES string of the molecule is Cc1ccc(Cl)cc1NS(=O)(=O)c1ccc(NS(=O)(=O)Cc2ccc(Cl)cc2)cc1. The van der Waals surface area contributed by atoms with Crippen molar-refractivity contribution in [2.45, 2.75) is 17.6 Å². The fourth-order valence-corrected chi connectivity index (χ4v) is 5.24. The van der Waals surface area contributed by atoms with E-state index < -0.39 is 20.0 Å². The Bertz CT molecular complexity index is 1260. The van der Waals surface area contributed by atoms with E-state index >= 15 is 0 Å². The van der Waals surface area contributed by atoms with Gasteiger partial charge < -0.3 is 0 Å². The molecular formula is C20H18Cl2N2O4S2. The molecule has 0 bridgehead atoms. The number of nitrogens with one attached hydrogen (secondary N) is 2. The van der Waals surface area contributed by atoms with Crippen LogP contribution in [0.3, 0.4) is 0 Å². The highest BCUT2D eigenvalue weighted by molar-refractivity contribution is 7.92. The van der Waals surface area contributed by atoms with Crippen LogP contribution in [0.2, 0.25) is 10.0 Å². The molecule has 0 radical (unpaired) electrons. The smallest absolute Gasteiger partial charge is 0.261 e. The Kier molecular flexibility index (Phi) is 6.62. The maximum absolute atomic E-state index is 12.6. The Morgan fingerprint density at radius 3 is 2.00 bits per heavy atom. The van der Waals surface area contributed by atoms with Gasteiger partial charge in [-0.3, -0.25) is 9.44 Å². The van der Waals surface area contributed by atoms with Gasteiger partial charge in [-0.1, -0.05) is 41.4 Å². The summed E-state index contributed by atoms with van der Waals surface area (Å²) in [4.78, 5) is -0.0116. The quantitative estimate of drug-likeness (QED) is 0.490. The standard InChI is InChI=1S/C20H18Cl2N2O4S2/c1-14-2-5-17(22)12-20(14)24-30(27,28)19-10-8-18(9-11-19)23-29(25,26)13-15-3-6-16(21)7-4-15/h2-12,23-24H,13H2,1H3. The monoisotopic (exact) mass is 484 g/mol. The number of anilines is 2. The van der Waals surface area contributed by atoms with Gasteiger partial charge in [-0.25, -0.2) is 16.8 Å². The molecule has 0 heterocycles. The van der Waals surface area contributed by atoms with E-state index in [1.807, 2.05) is 0 Å². The molecule has 0 amide bonds. The molecule has 3 aromatic rings. The lowest BCUT2D eigenvalue weighted by atomic mass is 10.2. The molecule has 3 aromatic carbocycles. The lowest BCUT2D eigenvalue weighted by molar-refractivity contribution is 0.599. The molecule has 3 rings (SSSR count). The van der Waals surface area contributed by atoms with E-state index in [1.165, 1.54) is 30.3 Å². The highest BCUT2D eigenvalue weighted by Crippen LogP contribution is 2.24. The second-order valence-electron chi connectivity index (χ2n) is 6.58. The molecule has 0 saturated carbocycles. The first-order valence-corrected chi connectivity index (χ1v) is 12.6. The van der Waals surface area contributed by atoms with E-state index in [0.29, 0.717) is 21.3 Å². The largest absolute Gasteiger partial charge is 0.283 e. The van der Waals surface area contributed by atoms with Crippen LogP contribution in [0.15, 0.2) is 71.6 Å². The average molecular weight is 485 g/mol. The molecule has 0 aliphatic carbocycles. The first-order valence-electron chi connectivity index (χ1n) is 8.68. The van der Waals surface area contributed by atoms with Gasteiger partial charge in [-0.15, -0.1) is 0 Å². The van der Waals surface area contributed by atoms with Crippen LogP contribution in [0.25, 0.3) is 0 Å². The number of aryl methyl sites for hydroxylation is 1. The molecule has 0 atom stereocenters. The maximum Gasteiger partial charge on any atom is 0.261 e. The summed E-state index contributed by atoms with van der Waals surface area (Å²) in [5.41, 5.74) is 1.92. The number of rotatable bonds is 7. The Morgan fingerprint density at radius 2 is 1.37 bits per heavy atom. The second kappa shape index (κ2) is 8.85. The fraction of sp³-hybridized carbons (Fsp3) is 0.100. The molecule has 0 spiro atoms. The molecule has 0 unspecified atom stereocenters. The van der Waals surface area contributed by atoms with E-state index in [0.717, 1.165) is 5.56 Å². The van der Waals surface area contributed by atoms with Gasteiger partial charge >= 0.3 is 0 Å². The molecule has 0 aliphatic heterocycles. The summed E-state index contributed by atoms with van der Waals surface area (Å²) in [7, 11) is -7.54. The van der Waals surface area contributed by atoms with E-state index in [4.69, 9.17) is 23.2 Å². The number of halogens is 2. The van der Waals surface area contributed by atoms with Crippen molar-refractivity contribution < 1.29 is 16.8 Å². The third-order valence-corrected chi connectivity index (χ3v) is 7.28. The number of hydrogen-bond donors (Lipinski definition) is 2. The minimum atomic E-state index is -3.86. The van der Waals surface area contributed by atoms with Crippen LogP contribution in [0, 0.1) is 6.92 Å². The van der Waals surface area contributed by atoms with Crippen molar-refractivity contribution in [2.24, 2.45) is 0 Å². The van der Waals surface area contributed by atoms with E-state index in [2.05, 4.69) is 9.44 Å². The highest BCUT2D eigenvalue weighted by atomic mass is 35.5. The third-order valence-electron chi connectivity index (χ3n) is 4.15. The fourth-order valence-electron chi connectivity index (χ4n) is 2.63. The highest BCUT2D eigenvalue weighted by Gasteiger charge is 2.17. The summed E-state index contributed by atoms with van der Waals surface area (Å²) in [6, 6.07) is 16.8. The number of sulfonamides is 2. The summed E-state index contributed by atoms with van der Waals surface area (Å²) >= 11 is 11.7. The van der Waals surface area contributed by atoms with Gasteiger partial charge in [0.15, 0.2) is 0 Å². The second-order valence-corrected chi connectivity index (χ2v) is 10.9. The lowest BCUT2D eigenvalue weighted by Gasteiger charge is -2.12. The minimum absolute atomic E-state index is 0.0116. The molecule has 2 N–H and O–H groups in total. The molecule has 0 fully saturated rings. The first kappa shape index (κ1) is 22.4. The summed E-state index contributed by atoms with van der Waals surface area (Å²) in [6.45, 7) is 1.76. The van der Waals surface area contributed by atoms with Crippen LogP contribution in [0.4, 0.5) is 11.4 Å². The lowest BCUT2D eigenvalue weighted by Crippen LogP contribution is -2.16. The van der Waals surface area contributed by atoms with Gasteiger partial charge in [0, 0.05) is 15.7 Å². The van der Waals surface area contributed by atoms with Crippen molar-refractivity contribution >= 4 is 54.6 Å². The van der Waals surface area contributed by atoms with Crippen molar-refractivity contribution in [1.29, 1.82) is 0 Å². The van der Waals surface area contributed by atoms with Crippen LogP contribution >= 0.6 is 23.2 Å². The van der Waals surface area contributed by atoms with Crippen LogP contribution in [0.5, 0.6) is 0 Å². The molecule has 0 aromatic heterocycles. The maximum atomic E-state index is 12.6. The molecule has 6 nitrogen and oxygen atoms in total. The molecule has 158 valence electrons. The van der Waals surface area contributed by atoms with Crippen molar-refractivity contribution in [1.82, 2.24) is 0 Å². The van der Waals surface area contributed by atoms with Crippen molar-refractivity contribution in [2.75, 3.05) is 9.44 Å². The van der Waals surface area contributed by atoms with E-state index in [9.17, 15) is 16.8 Å². The van der Waals surface area contributed by atoms with Crippen LogP contribution in [-0.4, -0.2) is 16.8 Å². The normalized spacial score (nSPS) is 11.8. The Hall–Kier alpha value is -2.26. The summed E-state index contributed by atoms with van der Waals surface area (Å²) in [6.07, 6.45) is 0. The molecule has 0 aliphatic rings. The van der Waals surface area contributed by atoms with E-state index in [-0.39, 0.29) is 16.3 Å². The third kappa shape index (κ3) is 5.89. The van der Waals surface area contributed by atoms with Gasteiger partial charge in [0.25, 0.3) is 10.0 Å². The van der Waals surface area contributed by atoms with Crippen LogP contribution in [-0.2, 0) is 25.8 Å². The Labute approximate surface area is 186 Å². The van der Waals surface area contributed by atoms with Crippen molar-refractivity contribution in [3.63, 3.8) is 0 Å². The summed E-state index contributed by atoms with van der Waals surface area (Å²) in [5.74, 6) is -0.236. The van der Waals surface area contributed by atoms with Crippen LogP contribution < -0.4 is 9.44 Å². The minimum Gasteiger partial charge on any atom is -0.283 e. The first-order chi connectivity index (χ1) is 14.0. The molecular weight excluding hydrogens is 467 g/mol. The zero-order valence-electron chi connectivity index (χ0n) is 15.8. The zero-order chi connectivity index (χ0) is 21.9. The van der Waals surface area contributed by atoms with Gasteiger partial charge in [-0.2, -0.15) is 0 Å². The zero-order valence-corrected chi connectivity index (χ0v) is 18.9. The molecule has 30 heavy (non-hydrogen) atoms. The van der Waals surface area contributed by atoms with Gasteiger partial charge in [0.1, 0.15) is 0 Å².